The lowest BCUT2D eigenvalue weighted by Gasteiger charge is -2.29. The van der Waals surface area contributed by atoms with E-state index in [9.17, 15) is 18.4 Å². The van der Waals surface area contributed by atoms with E-state index in [1.54, 1.807) is 18.3 Å². The number of unbranched alkanes of at least 4 members (excludes halogenated alkanes) is 1. The van der Waals surface area contributed by atoms with E-state index in [2.05, 4.69) is 14.9 Å². The van der Waals surface area contributed by atoms with Crippen molar-refractivity contribution >= 4 is 72.8 Å². The van der Waals surface area contributed by atoms with Gasteiger partial charge in [0.2, 0.25) is 5.91 Å². The quantitative estimate of drug-likeness (QED) is 0.185. The number of rotatable bonds is 11. The van der Waals surface area contributed by atoms with Crippen LogP contribution in [0.4, 0.5) is 16.0 Å². The molecule has 1 unspecified atom stereocenters. The minimum Gasteiger partial charge on any atom is -0.464 e. The first-order valence-electron chi connectivity index (χ1n) is 13.7. The fourth-order valence-corrected chi connectivity index (χ4v) is 7.41. The summed E-state index contributed by atoms with van der Waals surface area (Å²) in [7, 11) is 0. The summed E-state index contributed by atoms with van der Waals surface area (Å²) >= 11 is 5.43. The number of pyridine rings is 1. The van der Waals surface area contributed by atoms with Crippen LogP contribution in [0, 0.1) is 0 Å². The minimum absolute atomic E-state index is 0.113. The van der Waals surface area contributed by atoms with Crippen LogP contribution in [0.3, 0.4) is 0 Å². The fourth-order valence-electron chi connectivity index (χ4n) is 5.33. The van der Waals surface area contributed by atoms with Crippen LogP contribution in [0.1, 0.15) is 44.6 Å². The van der Waals surface area contributed by atoms with Gasteiger partial charge in [-0.05, 0) is 54.8 Å². The molecule has 2 fully saturated rings. The SMILES string of the molecule is CCCCOC(=O)[C@@H](Cc1cc2ccnc(N)c2cc1Cl)N1CC[C@H](N(c2cnc(N3CCCC3)s2)S(=O)O)C1=O. The van der Waals surface area contributed by atoms with Crippen molar-refractivity contribution in [2.45, 2.75) is 57.5 Å². The molecule has 2 saturated heterocycles. The number of likely N-dealkylation sites (tertiary alicyclic amines) is 1. The first-order valence-corrected chi connectivity index (χ1v) is 15.9. The molecule has 3 atom stereocenters. The maximum Gasteiger partial charge on any atom is 0.329 e. The zero-order valence-corrected chi connectivity index (χ0v) is 25.1. The third-order valence-corrected chi connectivity index (χ3v) is 9.82. The summed E-state index contributed by atoms with van der Waals surface area (Å²) < 4.78 is 29.6. The molecular formula is C27H33ClN6O5S2. The van der Waals surface area contributed by atoms with Crippen LogP contribution in [0.2, 0.25) is 5.02 Å². The van der Waals surface area contributed by atoms with Gasteiger partial charge < -0.3 is 20.3 Å². The highest BCUT2D eigenvalue weighted by molar-refractivity contribution is 7.81. The summed E-state index contributed by atoms with van der Waals surface area (Å²) in [5, 5.41) is 3.08. The molecule has 0 bridgehead atoms. The molecule has 11 nitrogen and oxygen atoms in total. The third kappa shape index (κ3) is 6.27. The number of nitrogen functional groups attached to an aromatic ring is 1. The summed E-state index contributed by atoms with van der Waals surface area (Å²) in [4.78, 5) is 39.4. The van der Waals surface area contributed by atoms with Crippen molar-refractivity contribution < 1.29 is 23.1 Å². The molecular weight excluding hydrogens is 588 g/mol. The molecule has 0 aliphatic carbocycles. The molecule has 3 aromatic rings. The van der Waals surface area contributed by atoms with Crippen molar-refractivity contribution in [2.75, 3.05) is 41.2 Å². The normalized spacial score (nSPS) is 18.7. The summed E-state index contributed by atoms with van der Waals surface area (Å²) in [5.41, 5.74) is 6.66. The summed E-state index contributed by atoms with van der Waals surface area (Å²) in [5.74, 6) is -0.618. The molecule has 220 valence electrons. The van der Waals surface area contributed by atoms with Gasteiger partial charge in [-0.1, -0.05) is 36.3 Å². The lowest BCUT2D eigenvalue weighted by Crippen LogP contribution is -2.49. The summed E-state index contributed by atoms with van der Waals surface area (Å²) in [6, 6.07) is 3.45. The van der Waals surface area contributed by atoms with E-state index >= 15 is 0 Å². The number of halogens is 1. The Kier molecular flexibility index (Phi) is 9.27. The zero-order chi connectivity index (χ0) is 29.1. The molecule has 1 aromatic carbocycles. The Balaban J connectivity index is 1.42. The number of amides is 1. The van der Waals surface area contributed by atoms with E-state index in [1.165, 1.54) is 26.7 Å². The third-order valence-electron chi connectivity index (χ3n) is 7.50. The Bertz CT molecular complexity index is 1450. The number of carbonyl (C=O) groups is 2. The zero-order valence-electron chi connectivity index (χ0n) is 22.7. The van der Waals surface area contributed by atoms with Gasteiger partial charge in [-0.2, -0.15) is 0 Å². The molecule has 1 amide bonds. The van der Waals surface area contributed by atoms with E-state index in [4.69, 9.17) is 22.1 Å². The van der Waals surface area contributed by atoms with E-state index in [0.29, 0.717) is 33.2 Å². The number of carbonyl (C=O) groups excluding carboxylic acids is 2. The second-order valence-electron chi connectivity index (χ2n) is 10.2. The Morgan fingerprint density at radius 1 is 1.32 bits per heavy atom. The molecule has 0 radical (unpaired) electrons. The molecule has 2 aromatic heterocycles. The first kappa shape index (κ1) is 29.5. The van der Waals surface area contributed by atoms with Gasteiger partial charge in [-0.25, -0.2) is 23.3 Å². The number of nitrogens with two attached hydrogens (primary N) is 1. The van der Waals surface area contributed by atoms with Gasteiger partial charge in [0.1, 0.15) is 22.9 Å². The minimum atomic E-state index is -2.47. The molecule has 4 heterocycles. The number of hydrogen-bond donors (Lipinski definition) is 2. The van der Waals surface area contributed by atoms with Gasteiger partial charge in [0, 0.05) is 42.7 Å². The number of esters is 1. The molecule has 2 aliphatic heterocycles. The van der Waals surface area contributed by atoms with Gasteiger partial charge in [0.15, 0.2) is 5.13 Å². The van der Waals surface area contributed by atoms with Crippen molar-refractivity contribution in [3.8, 4) is 0 Å². The second kappa shape index (κ2) is 12.9. The number of nitrogens with zero attached hydrogens (tertiary/aromatic N) is 5. The van der Waals surface area contributed by atoms with E-state index in [1.807, 2.05) is 13.0 Å². The lowest BCUT2D eigenvalue weighted by molar-refractivity contribution is -0.154. The smallest absolute Gasteiger partial charge is 0.329 e. The number of thiazole rings is 1. The lowest BCUT2D eigenvalue weighted by atomic mass is 10.0. The van der Waals surface area contributed by atoms with Crippen LogP contribution in [0.5, 0.6) is 0 Å². The van der Waals surface area contributed by atoms with Crippen LogP contribution < -0.4 is 14.9 Å². The van der Waals surface area contributed by atoms with Crippen LogP contribution in [-0.2, 0) is 32.0 Å². The highest BCUT2D eigenvalue weighted by Crippen LogP contribution is 2.36. The van der Waals surface area contributed by atoms with Crippen LogP contribution in [0.15, 0.2) is 30.6 Å². The summed E-state index contributed by atoms with van der Waals surface area (Å²) in [6.45, 7) is 4.21. The number of fused-ring (bicyclic) bond motifs is 1. The highest BCUT2D eigenvalue weighted by atomic mass is 35.5. The van der Waals surface area contributed by atoms with Crippen molar-refractivity contribution in [3.63, 3.8) is 0 Å². The van der Waals surface area contributed by atoms with Crippen molar-refractivity contribution in [3.05, 3.63) is 41.2 Å². The van der Waals surface area contributed by atoms with Crippen molar-refractivity contribution in [1.82, 2.24) is 14.9 Å². The molecule has 14 heteroatoms. The van der Waals surface area contributed by atoms with Gasteiger partial charge >= 0.3 is 5.97 Å². The highest BCUT2D eigenvalue weighted by Gasteiger charge is 2.44. The maximum atomic E-state index is 13.8. The van der Waals surface area contributed by atoms with Gasteiger partial charge in [-0.15, -0.1) is 0 Å². The van der Waals surface area contributed by atoms with Crippen LogP contribution in [0.25, 0.3) is 10.8 Å². The molecule has 5 rings (SSSR count). The molecule has 3 N–H and O–H groups in total. The fraction of sp³-hybridized carbons (Fsp3) is 0.481. The topological polar surface area (TPSA) is 142 Å². The predicted molar refractivity (Wildman–Crippen MR) is 161 cm³/mol. The number of hydrogen-bond acceptors (Lipinski definition) is 9. The molecule has 41 heavy (non-hydrogen) atoms. The molecule has 0 saturated carbocycles. The number of aromatic nitrogens is 2. The Morgan fingerprint density at radius 2 is 2.10 bits per heavy atom. The number of benzene rings is 1. The van der Waals surface area contributed by atoms with E-state index in [-0.39, 0.29) is 26.0 Å². The van der Waals surface area contributed by atoms with Crippen molar-refractivity contribution in [2.24, 2.45) is 0 Å². The second-order valence-corrected chi connectivity index (χ2v) is 12.4. The standard InChI is InChI=1S/C27H33ClN6O5S2/c1-2-3-12-39-26(36)22(14-18-13-17-6-8-30-24(29)19(17)15-20(18)28)33-11-7-21(25(33)35)34(41(37)38)23-16-31-27(40-23)32-9-4-5-10-32/h6,8,13,15-16,21-22H,2-5,7,9-12,14H2,1H3,(H2,29,30)(H,37,38)/t21-,22+/m0/s1. The Labute approximate surface area is 250 Å². The van der Waals surface area contributed by atoms with E-state index < -0.39 is 35.2 Å². The number of anilines is 3. The predicted octanol–water partition coefficient (Wildman–Crippen LogP) is 4.03. The molecule has 2 aliphatic rings. The number of ether oxygens (including phenoxy) is 1. The average molecular weight is 621 g/mol. The summed E-state index contributed by atoms with van der Waals surface area (Å²) in [6.07, 6.45) is 7.19. The Hall–Kier alpha value is -3.00. The largest absolute Gasteiger partial charge is 0.464 e. The maximum absolute atomic E-state index is 13.8. The van der Waals surface area contributed by atoms with Gasteiger partial charge in [0.05, 0.1) is 12.8 Å². The van der Waals surface area contributed by atoms with Gasteiger partial charge in [-0.3, -0.25) is 9.35 Å². The molecule has 0 spiro atoms. The average Bonchev–Trinajstić information content (AvgIpc) is 3.71. The van der Waals surface area contributed by atoms with Crippen LogP contribution >= 0.6 is 22.9 Å². The monoisotopic (exact) mass is 620 g/mol. The van der Waals surface area contributed by atoms with E-state index in [0.717, 1.165) is 42.9 Å². The van der Waals surface area contributed by atoms with Crippen LogP contribution in [-0.4, -0.2) is 73.8 Å². The van der Waals surface area contributed by atoms with Gasteiger partial charge in [0.25, 0.3) is 11.3 Å². The Morgan fingerprint density at radius 3 is 2.83 bits per heavy atom. The first-order chi connectivity index (χ1) is 19.8. The van der Waals surface area contributed by atoms with Crippen molar-refractivity contribution in [1.29, 1.82) is 0 Å².